The van der Waals surface area contributed by atoms with E-state index in [-0.39, 0.29) is 5.41 Å². The minimum Gasteiger partial charge on any atom is -0.309 e. The van der Waals surface area contributed by atoms with Gasteiger partial charge in [0.15, 0.2) is 11.6 Å². The third-order valence-corrected chi connectivity index (χ3v) is 11.9. The Kier molecular flexibility index (Phi) is 7.48. The molecule has 270 valence electrons. The average molecular weight is 731 g/mol. The maximum Gasteiger partial charge on any atom is 0.168 e. The Morgan fingerprint density at radius 1 is 0.368 bits per heavy atom. The summed E-state index contributed by atoms with van der Waals surface area (Å²) in [5.41, 5.74) is 16.8. The summed E-state index contributed by atoms with van der Waals surface area (Å²) in [5.74, 6) is 1.62. The van der Waals surface area contributed by atoms with Crippen molar-refractivity contribution in [1.82, 2.24) is 19.3 Å². The molecule has 2 aromatic heterocycles. The van der Waals surface area contributed by atoms with Gasteiger partial charge in [0.1, 0.15) is 0 Å². The fraction of sp³-hybridized carbons (Fsp3) is 0.0566. The maximum atomic E-state index is 4.69. The fourth-order valence-electron chi connectivity index (χ4n) is 9.10. The largest absolute Gasteiger partial charge is 0.309 e. The molecule has 0 aliphatic heterocycles. The number of fused-ring (bicyclic) bond motifs is 6. The van der Waals surface area contributed by atoms with Crippen molar-refractivity contribution in [2.75, 3.05) is 0 Å². The summed E-state index contributed by atoms with van der Waals surface area (Å²) >= 11 is 0. The molecular formula is C53H38N4. The van der Waals surface area contributed by atoms with Crippen molar-refractivity contribution in [2.24, 2.45) is 0 Å². The highest BCUT2D eigenvalue weighted by Crippen LogP contribution is 2.52. The number of benzene rings is 8. The van der Waals surface area contributed by atoms with Gasteiger partial charge in [-0.25, -0.2) is 0 Å². The van der Waals surface area contributed by atoms with Gasteiger partial charge in [-0.3, -0.25) is 4.57 Å². The van der Waals surface area contributed by atoms with Crippen LogP contribution in [-0.4, -0.2) is 19.3 Å². The summed E-state index contributed by atoms with van der Waals surface area (Å²) < 4.78 is 4.56. The second-order valence-electron chi connectivity index (χ2n) is 15.5. The third-order valence-electron chi connectivity index (χ3n) is 11.9. The molecule has 0 amide bonds. The van der Waals surface area contributed by atoms with Gasteiger partial charge in [0, 0.05) is 38.7 Å². The molecule has 4 nitrogen and oxygen atoms in total. The van der Waals surface area contributed by atoms with Crippen LogP contribution in [0.3, 0.4) is 0 Å². The number of hydrogen-bond acceptors (Lipinski definition) is 2. The lowest BCUT2D eigenvalue weighted by atomic mass is 9.82. The van der Waals surface area contributed by atoms with E-state index in [1.807, 2.05) is 36.4 Å². The standard InChI is InChI=1S/C53H38N4/c1-53(2)46-23-13-12-21-43(46)50-42(22-14-24-47(50)53)39-28-32-49-45(34-39)44-33-38(27-31-48(44)56(49)40-19-10-5-11-20-40)35-25-29-41(30-26-35)57-51(36-15-6-3-7-16-36)54-55-52(57)37-17-8-4-9-18-37/h3-34H,1-2H3. The van der Waals surface area contributed by atoms with Crippen LogP contribution in [0.1, 0.15) is 25.0 Å². The van der Waals surface area contributed by atoms with Gasteiger partial charge in [-0.05, 0) is 93.0 Å². The zero-order valence-corrected chi connectivity index (χ0v) is 31.8. The molecule has 1 aliphatic rings. The summed E-state index contributed by atoms with van der Waals surface area (Å²) in [5, 5.41) is 11.8. The van der Waals surface area contributed by atoms with E-state index in [1.165, 1.54) is 55.2 Å². The molecule has 11 rings (SSSR count). The van der Waals surface area contributed by atoms with E-state index < -0.39 is 0 Å². The molecule has 4 heteroatoms. The maximum absolute atomic E-state index is 4.69. The summed E-state index contributed by atoms with van der Waals surface area (Å²) in [6, 6.07) is 69.7. The molecule has 0 radical (unpaired) electrons. The minimum atomic E-state index is -0.0551. The summed E-state index contributed by atoms with van der Waals surface area (Å²) in [7, 11) is 0. The molecule has 1 aliphatic carbocycles. The molecule has 2 heterocycles. The Hall–Kier alpha value is -7.30. The highest BCUT2D eigenvalue weighted by Gasteiger charge is 2.36. The van der Waals surface area contributed by atoms with E-state index in [4.69, 9.17) is 0 Å². The first-order chi connectivity index (χ1) is 28.0. The molecule has 0 N–H and O–H groups in total. The van der Waals surface area contributed by atoms with Gasteiger partial charge in [0.05, 0.1) is 11.0 Å². The summed E-state index contributed by atoms with van der Waals surface area (Å²) in [6.07, 6.45) is 0. The quantitative estimate of drug-likeness (QED) is 0.171. The van der Waals surface area contributed by atoms with Crippen LogP contribution in [0.4, 0.5) is 0 Å². The number of aromatic nitrogens is 4. The lowest BCUT2D eigenvalue weighted by Gasteiger charge is -2.21. The van der Waals surface area contributed by atoms with E-state index in [0.717, 1.165) is 45.3 Å². The normalized spacial score (nSPS) is 12.9. The molecule has 0 saturated carbocycles. The van der Waals surface area contributed by atoms with Gasteiger partial charge in [0.25, 0.3) is 0 Å². The zero-order chi connectivity index (χ0) is 38.1. The van der Waals surface area contributed by atoms with E-state index in [2.05, 4.69) is 191 Å². The van der Waals surface area contributed by atoms with Crippen molar-refractivity contribution in [2.45, 2.75) is 19.3 Å². The van der Waals surface area contributed by atoms with Crippen LogP contribution in [0, 0.1) is 0 Å². The molecule has 0 saturated heterocycles. The molecule has 57 heavy (non-hydrogen) atoms. The van der Waals surface area contributed by atoms with Crippen molar-refractivity contribution >= 4 is 21.8 Å². The van der Waals surface area contributed by atoms with Crippen LogP contribution in [0.15, 0.2) is 194 Å². The zero-order valence-electron chi connectivity index (χ0n) is 31.8. The first-order valence-corrected chi connectivity index (χ1v) is 19.6. The first kappa shape index (κ1) is 33.1. The van der Waals surface area contributed by atoms with Crippen LogP contribution in [0.25, 0.3) is 89.3 Å². The van der Waals surface area contributed by atoms with Crippen LogP contribution in [0.2, 0.25) is 0 Å². The van der Waals surface area contributed by atoms with Gasteiger partial charge < -0.3 is 4.57 Å². The van der Waals surface area contributed by atoms with Gasteiger partial charge in [-0.15, -0.1) is 10.2 Å². The molecule has 10 aromatic rings. The lowest BCUT2D eigenvalue weighted by molar-refractivity contribution is 0.660. The monoisotopic (exact) mass is 730 g/mol. The van der Waals surface area contributed by atoms with E-state index >= 15 is 0 Å². The highest BCUT2D eigenvalue weighted by molar-refractivity contribution is 6.12. The van der Waals surface area contributed by atoms with E-state index in [1.54, 1.807) is 0 Å². The predicted molar refractivity (Wildman–Crippen MR) is 235 cm³/mol. The van der Waals surface area contributed by atoms with E-state index in [9.17, 15) is 0 Å². The number of rotatable bonds is 6. The van der Waals surface area contributed by atoms with Crippen molar-refractivity contribution in [1.29, 1.82) is 0 Å². The van der Waals surface area contributed by atoms with Gasteiger partial charge >= 0.3 is 0 Å². The van der Waals surface area contributed by atoms with Crippen molar-refractivity contribution in [3.8, 4) is 67.5 Å². The van der Waals surface area contributed by atoms with Crippen LogP contribution in [0.5, 0.6) is 0 Å². The Morgan fingerprint density at radius 3 is 1.51 bits per heavy atom. The summed E-state index contributed by atoms with van der Waals surface area (Å²) in [4.78, 5) is 0. The predicted octanol–water partition coefficient (Wildman–Crippen LogP) is 13.3. The molecule has 0 fully saturated rings. The second-order valence-corrected chi connectivity index (χ2v) is 15.5. The SMILES string of the molecule is CC1(C)c2ccccc2-c2c(-c3ccc4c(c3)c3cc(-c5ccc(-n6c(-c7ccccc7)nnc6-c6ccccc6)cc5)ccc3n4-c3ccccc3)cccc21. The smallest absolute Gasteiger partial charge is 0.168 e. The highest BCUT2D eigenvalue weighted by atomic mass is 15.3. The molecule has 8 aromatic carbocycles. The Morgan fingerprint density at radius 2 is 0.860 bits per heavy atom. The second kappa shape index (κ2) is 12.9. The topological polar surface area (TPSA) is 35.6 Å². The number of para-hydroxylation sites is 1. The Labute approximate surface area is 332 Å². The number of hydrogen-bond donors (Lipinski definition) is 0. The van der Waals surface area contributed by atoms with Crippen molar-refractivity contribution in [3.05, 3.63) is 205 Å². The van der Waals surface area contributed by atoms with Gasteiger partial charge in [0.2, 0.25) is 0 Å². The van der Waals surface area contributed by atoms with Gasteiger partial charge in [-0.2, -0.15) is 0 Å². The molecule has 0 bridgehead atoms. The van der Waals surface area contributed by atoms with Crippen molar-refractivity contribution in [3.63, 3.8) is 0 Å². The first-order valence-electron chi connectivity index (χ1n) is 19.6. The Bertz CT molecular complexity index is 3060. The van der Waals surface area contributed by atoms with E-state index in [0.29, 0.717) is 0 Å². The number of nitrogens with zero attached hydrogens (tertiary/aromatic N) is 4. The van der Waals surface area contributed by atoms with Crippen LogP contribution < -0.4 is 0 Å². The van der Waals surface area contributed by atoms with Gasteiger partial charge in [-0.1, -0.05) is 159 Å². The van der Waals surface area contributed by atoms with Crippen molar-refractivity contribution < 1.29 is 0 Å². The molecular weight excluding hydrogens is 693 g/mol. The average Bonchev–Trinajstić information content (AvgIpc) is 3.93. The molecule has 0 atom stereocenters. The Balaban J connectivity index is 1.06. The van der Waals surface area contributed by atoms with Crippen LogP contribution >= 0.6 is 0 Å². The minimum absolute atomic E-state index is 0.0551. The molecule has 0 unspecified atom stereocenters. The molecule has 0 spiro atoms. The lowest BCUT2D eigenvalue weighted by Crippen LogP contribution is -2.14. The van der Waals surface area contributed by atoms with Crippen LogP contribution in [-0.2, 0) is 5.41 Å². The third kappa shape index (κ3) is 5.22. The fourth-order valence-corrected chi connectivity index (χ4v) is 9.10. The summed E-state index contributed by atoms with van der Waals surface area (Å²) in [6.45, 7) is 4.70.